The molecule has 0 aliphatic rings. The molecule has 1 unspecified atom stereocenters. The lowest BCUT2D eigenvalue weighted by Crippen LogP contribution is -2.13. The summed E-state index contributed by atoms with van der Waals surface area (Å²) in [5.74, 6) is 0. The second-order valence-electron chi connectivity index (χ2n) is 2.63. The van der Waals surface area contributed by atoms with Crippen LogP contribution in [0.2, 0.25) is 10.0 Å². The second-order valence-corrected chi connectivity index (χ2v) is 3.45. The van der Waals surface area contributed by atoms with Gasteiger partial charge in [0, 0.05) is 13.7 Å². The third kappa shape index (κ3) is 2.58. The van der Waals surface area contributed by atoms with Gasteiger partial charge < -0.3 is 10.5 Å². The molecule has 1 atom stereocenters. The Balaban J connectivity index is 2.95. The highest BCUT2D eigenvalue weighted by Gasteiger charge is 2.09. The van der Waals surface area contributed by atoms with Crippen LogP contribution in [0.3, 0.4) is 0 Å². The zero-order chi connectivity index (χ0) is 9.84. The highest BCUT2D eigenvalue weighted by atomic mass is 35.5. The molecule has 0 heterocycles. The van der Waals surface area contributed by atoms with Crippen molar-refractivity contribution in [1.29, 1.82) is 0 Å². The molecule has 2 nitrogen and oxygen atoms in total. The van der Waals surface area contributed by atoms with Gasteiger partial charge in [-0.1, -0.05) is 29.3 Å². The van der Waals surface area contributed by atoms with Crippen molar-refractivity contribution in [3.63, 3.8) is 0 Å². The number of benzene rings is 1. The smallest absolute Gasteiger partial charge is 0.0943 e. The number of ether oxygens (including phenoxy) is 1. The lowest BCUT2D eigenvalue weighted by Gasteiger charge is -2.13. The van der Waals surface area contributed by atoms with Gasteiger partial charge in [-0.25, -0.2) is 0 Å². The molecular formula is C9H11Cl2NO. The molecule has 1 rings (SSSR count). The van der Waals surface area contributed by atoms with Crippen LogP contribution in [0.25, 0.3) is 0 Å². The number of nitrogens with two attached hydrogens (primary N) is 1. The summed E-state index contributed by atoms with van der Waals surface area (Å²) in [5.41, 5.74) is 6.45. The summed E-state index contributed by atoms with van der Waals surface area (Å²) in [7, 11) is 1.61. The molecule has 0 aliphatic heterocycles. The Labute approximate surface area is 87.6 Å². The molecule has 0 aliphatic carbocycles. The quantitative estimate of drug-likeness (QED) is 0.849. The summed E-state index contributed by atoms with van der Waals surface area (Å²) in [6.45, 7) is 0.425. The van der Waals surface area contributed by atoms with E-state index in [0.717, 1.165) is 5.56 Å². The molecule has 13 heavy (non-hydrogen) atoms. The number of methoxy groups -OCH3 is 1. The van der Waals surface area contributed by atoms with Gasteiger partial charge in [0.2, 0.25) is 0 Å². The number of hydrogen-bond acceptors (Lipinski definition) is 2. The average molecular weight is 220 g/mol. The summed E-state index contributed by atoms with van der Waals surface area (Å²) >= 11 is 11.6. The van der Waals surface area contributed by atoms with Crippen LogP contribution in [0, 0.1) is 0 Å². The Bertz CT molecular complexity index is 287. The van der Waals surface area contributed by atoms with Gasteiger partial charge in [-0.05, 0) is 17.7 Å². The lowest BCUT2D eigenvalue weighted by molar-refractivity contribution is 0.110. The first kappa shape index (κ1) is 10.8. The van der Waals surface area contributed by atoms with E-state index < -0.39 is 0 Å². The molecular weight excluding hydrogens is 209 g/mol. The zero-order valence-corrected chi connectivity index (χ0v) is 8.77. The highest BCUT2D eigenvalue weighted by molar-refractivity contribution is 6.42. The van der Waals surface area contributed by atoms with Gasteiger partial charge in [0.25, 0.3) is 0 Å². The Kier molecular flexibility index (Phi) is 4.00. The monoisotopic (exact) mass is 219 g/mol. The maximum Gasteiger partial charge on any atom is 0.0943 e. The van der Waals surface area contributed by atoms with Crippen molar-refractivity contribution in [2.45, 2.75) is 6.10 Å². The molecule has 2 N–H and O–H groups in total. The van der Waals surface area contributed by atoms with Crippen LogP contribution in [-0.4, -0.2) is 13.7 Å². The standard InChI is InChI=1S/C9H11Cl2NO/c1-13-9(5-12)6-2-3-7(10)8(11)4-6/h2-4,9H,5,12H2,1H3. The molecule has 0 bridgehead atoms. The van der Waals surface area contributed by atoms with E-state index in [1.165, 1.54) is 0 Å². The van der Waals surface area contributed by atoms with E-state index in [4.69, 9.17) is 33.7 Å². The molecule has 1 aromatic carbocycles. The Morgan fingerprint density at radius 3 is 2.54 bits per heavy atom. The van der Waals surface area contributed by atoms with Gasteiger partial charge in [0.15, 0.2) is 0 Å². The molecule has 0 aromatic heterocycles. The van der Waals surface area contributed by atoms with E-state index in [2.05, 4.69) is 0 Å². The van der Waals surface area contributed by atoms with Gasteiger partial charge in [-0.3, -0.25) is 0 Å². The van der Waals surface area contributed by atoms with Gasteiger partial charge in [-0.2, -0.15) is 0 Å². The van der Waals surface area contributed by atoms with Crippen LogP contribution in [0.5, 0.6) is 0 Å². The van der Waals surface area contributed by atoms with Crippen LogP contribution < -0.4 is 5.73 Å². The molecule has 0 spiro atoms. The van der Waals surface area contributed by atoms with Gasteiger partial charge in [0.1, 0.15) is 0 Å². The number of rotatable bonds is 3. The predicted octanol–water partition coefficient (Wildman–Crippen LogP) is 2.64. The fourth-order valence-corrected chi connectivity index (χ4v) is 1.39. The van der Waals surface area contributed by atoms with Gasteiger partial charge in [0.05, 0.1) is 16.1 Å². The Hall–Kier alpha value is -0.280. The van der Waals surface area contributed by atoms with E-state index in [0.29, 0.717) is 16.6 Å². The predicted molar refractivity (Wildman–Crippen MR) is 55.3 cm³/mol. The van der Waals surface area contributed by atoms with Crippen molar-refractivity contribution < 1.29 is 4.74 Å². The Morgan fingerprint density at radius 2 is 2.08 bits per heavy atom. The molecule has 72 valence electrons. The number of hydrogen-bond donors (Lipinski definition) is 1. The first-order chi connectivity index (χ1) is 6.19. The summed E-state index contributed by atoms with van der Waals surface area (Å²) in [6, 6.07) is 5.36. The van der Waals surface area contributed by atoms with Crippen LogP contribution in [0.15, 0.2) is 18.2 Å². The fraction of sp³-hybridized carbons (Fsp3) is 0.333. The molecule has 0 saturated carbocycles. The molecule has 0 saturated heterocycles. The van der Waals surface area contributed by atoms with Gasteiger partial charge >= 0.3 is 0 Å². The minimum absolute atomic E-state index is 0.116. The van der Waals surface area contributed by atoms with E-state index in [-0.39, 0.29) is 6.10 Å². The largest absolute Gasteiger partial charge is 0.375 e. The minimum Gasteiger partial charge on any atom is -0.375 e. The molecule has 0 fully saturated rings. The van der Waals surface area contributed by atoms with Crippen molar-refractivity contribution in [3.05, 3.63) is 33.8 Å². The molecule has 1 aromatic rings. The van der Waals surface area contributed by atoms with Crippen molar-refractivity contribution in [1.82, 2.24) is 0 Å². The maximum absolute atomic E-state index is 5.84. The first-order valence-corrected chi connectivity index (χ1v) is 4.62. The second kappa shape index (κ2) is 4.82. The molecule has 0 radical (unpaired) electrons. The third-order valence-electron chi connectivity index (χ3n) is 1.81. The Morgan fingerprint density at radius 1 is 1.38 bits per heavy atom. The van der Waals surface area contributed by atoms with Crippen LogP contribution in [-0.2, 0) is 4.74 Å². The maximum atomic E-state index is 5.84. The van der Waals surface area contributed by atoms with Crippen LogP contribution >= 0.6 is 23.2 Å². The fourth-order valence-electron chi connectivity index (χ4n) is 1.08. The summed E-state index contributed by atoms with van der Waals surface area (Å²) in [4.78, 5) is 0. The summed E-state index contributed by atoms with van der Waals surface area (Å²) < 4.78 is 5.15. The minimum atomic E-state index is -0.116. The molecule has 0 amide bonds. The number of halogens is 2. The summed E-state index contributed by atoms with van der Waals surface area (Å²) in [6.07, 6.45) is -0.116. The van der Waals surface area contributed by atoms with Gasteiger partial charge in [-0.15, -0.1) is 0 Å². The van der Waals surface area contributed by atoms with E-state index in [9.17, 15) is 0 Å². The first-order valence-electron chi connectivity index (χ1n) is 3.87. The topological polar surface area (TPSA) is 35.2 Å². The lowest BCUT2D eigenvalue weighted by atomic mass is 10.1. The van der Waals surface area contributed by atoms with Crippen molar-refractivity contribution >= 4 is 23.2 Å². The third-order valence-corrected chi connectivity index (χ3v) is 2.55. The summed E-state index contributed by atoms with van der Waals surface area (Å²) in [5, 5.41) is 1.06. The zero-order valence-electron chi connectivity index (χ0n) is 7.26. The SMILES string of the molecule is COC(CN)c1ccc(Cl)c(Cl)c1. The molecule has 4 heteroatoms. The normalized spacial score (nSPS) is 12.9. The van der Waals surface area contributed by atoms with Crippen molar-refractivity contribution in [2.24, 2.45) is 5.73 Å². The highest BCUT2D eigenvalue weighted by Crippen LogP contribution is 2.26. The van der Waals surface area contributed by atoms with Crippen LogP contribution in [0.1, 0.15) is 11.7 Å². The van der Waals surface area contributed by atoms with E-state index in [1.807, 2.05) is 6.07 Å². The van der Waals surface area contributed by atoms with Crippen molar-refractivity contribution in [3.8, 4) is 0 Å². The van der Waals surface area contributed by atoms with E-state index in [1.54, 1.807) is 19.2 Å². The average Bonchev–Trinajstić information content (AvgIpc) is 2.13. The van der Waals surface area contributed by atoms with Crippen LogP contribution in [0.4, 0.5) is 0 Å². The van der Waals surface area contributed by atoms with Crippen molar-refractivity contribution in [2.75, 3.05) is 13.7 Å². The van der Waals surface area contributed by atoms with E-state index >= 15 is 0 Å².